The summed E-state index contributed by atoms with van der Waals surface area (Å²) in [7, 11) is 1.71. The summed E-state index contributed by atoms with van der Waals surface area (Å²) in [4.78, 5) is 0. The molecule has 0 aliphatic carbocycles. The van der Waals surface area contributed by atoms with Crippen molar-refractivity contribution >= 4 is 11.6 Å². The fourth-order valence-electron chi connectivity index (χ4n) is 2.07. The minimum absolute atomic E-state index is 0.562. The third kappa shape index (κ3) is 4.74. The van der Waals surface area contributed by atoms with Gasteiger partial charge in [-0.05, 0) is 60.8 Å². The van der Waals surface area contributed by atoms with E-state index in [1.807, 2.05) is 42.5 Å². The van der Waals surface area contributed by atoms with Crippen molar-refractivity contribution in [3.63, 3.8) is 0 Å². The van der Waals surface area contributed by atoms with Crippen LogP contribution in [-0.2, 0) is 17.6 Å². The summed E-state index contributed by atoms with van der Waals surface area (Å²) in [6, 6.07) is 13.6. The second-order valence-corrected chi connectivity index (χ2v) is 5.22. The van der Waals surface area contributed by atoms with E-state index in [-0.39, 0.29) is 0 Å². The number of nitrogens with two attached hydrogens (primary N) is 1. The molecule has 0 radical (unpaired) electrons. The Labute approximate surface area is 130 Å². The molecule has 0 aromatic heterocycles. The maximum Gasteiger partial charge on any atom is 0.130 e. The summed E-state index contributed by atoms with van der Waals surface area (Å²) in [5, 5.41) is 0.695. The van der Waals surface area contributed by atoms with Crippen LogP contribution in [0.1, 0.15) is 11.1 Å². The van der Waals surface area contributed by atoms with Gasteiger partial charge in [-0.2, -0.15) is 0 Å². The largest absolute Gasteiger partial charge is 0.457 e. The number of rotatable bonds is 7. The highest BCUT2D eigenvalue weighted by atomic mass is 35.5. The predicted octanol–water partition coefficient (Wildman–Crippen LogP) is 3.82. The second kappa shape index (κ2) is 8.03. The Kier molecular flexibility index (Phi) is 6.05. The fraction of sp³-hybridized carbons (Fsp3) is 0.294. The lowest BCUT2D eigenvalue weighted by Crippen LogP contribution is -2.04. The molecule has 21 heavy (non-hydrogen) atoms. The summed E-state index contributed by atoms with van der Waals surface area (Å²) in [5.41, 5.74) is 7.88. The van der Waals surface area contributed by atoms with Crippen LogP contribution >= 0.6 is 11.6 Å². The molecule has 0 heterocycles. The lowest BCUT2D eigenvalue weighted by molar-refractivity contribution is 0.202. The fourth-order valence-corrected chi connectivity index (χ4v) is 2.26. The van der Waals surface area contributed by atoms with Crippen LogP contribution in [0.15, 0.2) is 42.5 Å². The smallest absolute Gasteiger partial charge is 0.130 e. The Bertz CT molecular complexity index is 570. The van der Waals surface area contributed by atoms with Gasteiger partial charge in [-0.25, -0.2) is 0 Å². The first-order chi connectivity index (χ1) is 10.2. The SMILES string of the molecule is COCCc1ccc(Oc2ccc(Cl)cc2CCN)cc1. The molecule has 2 aromatic rings. The molecule has 0 bridgehead atoms. The Hall–Kier alpha value is -1.55. The second-order valence-electron chi connectivity index (χ2n) is 4.78. The molecule has 0 atom stereocenters. The average Bonchev–Trinajstić information content (AvgIpc) is 2.49. The van der Waals surface area contributed by atoms with Gasteiger partial charge in [0.05, 0.1) is 6.61 Å². The third-order valence-corrected chi connectivity index (χ3v) is 3.42. The summed E-state index contributed by atoms with van der Waals surface area (Å²) >= 11 is 6.02. The van der Waals surface area contributed by atoms with Crippen LogP contribution in [0.4, 0.5) is 0 Å². The van der Waals surface area contributed by atoms with Crippen LogP contribution in [0.2, 0.25) is 5.02 Å². The first-order valence-electron chi connectivity index (χ1n) is 6.97. The van der Waals surface area contributed by atoms with E-state index < -0.39 is 0 Å². The standard InChI is InChI=1S/C17H20ClNO2/c1-20-11-9-13-2-5-16(6-3-13)21-17-7-4-15(18)12-14(17)8-10-19/h2-7,12H,8-11,19H2,1H3. The molecule has 3 nitrogen and oxygen atoms in total. The van der Waals surface area contributed by atoms with E-state index in [1.165, 1.54) is 5.56 Å². The highest BCUT2D eigenvalue weighted by Gasteiger charge is 2.06. The van der Waals surface area contributed by atoms with Crippen LogP contribution in [0.25, 0.3) is 0 Å². The van der Waals surface area contributed by atoms with E-state index in [4.69, 9.17) is 26.8 Å². The molecular weight excluding hydrogens is 286 g/mol. The zero-order chi connectivity index (χ0) is 15.1. The lowest BCUT2D eigenvalue weighted by Gasteiger charge is -2.11. The molecule has 0 saturated carbocycles. The van der Waals surface area contributed by atoms with Crippen molar-refractivity contribution in [3.05, 3.63) is 58.6 Å². The van der Waals surface area contributed by atoms with E-state index in [0.717, 1.165) is 36.5 Å². The first-order valence-corrected chi connectivity index (χ1v) is 7.35. The number of hydrogen-bond donors (Lipinski definition) is 1. The summed E-state index contributed by atoms with van der Waals surface area (Å²) in [6.07, 6.45) is 1.64. The van der Waals surface area contributed by atoms with Gasteiger partial charge in [-0.1, -0.05) is 23.7 Å². The molecule has 0 spiro atoms. The normalized spacial score (nSPS) is 10.6. The van der Waals surface area contributed by atoms with Gasteiger partial charge >= 0.3 is 0 Å². The quantitative estimate of drug-likeness (QED) is 0.845. The van der Waals surface area contributed by atoms with Crippen molar-refractivity contribution in [3.8, 4) is 11.5 Å². The maximum absolute atomic E-state index is 6.02. The van der Waals surface area contributed by atoms with Gasteiger partial charge in [-0.15, -0.1) is 0 Å². The van der Waals surface area contributed by atoms with Crippen LogP contribution in [0.3, 0.4) is 0 Å². The van der Waals surface area contributed by atoms with E-state index in [2.05, 4.69) is 0 Å². The number of halogens is 1. The minimum Gasteiger partial charge on any atom is -0.457 e. The molecule has 0 fully saturated rings. The first kappa shape index (κ1) is 15.8. The molecule has 2 aromatic carbocycles. The minimum atomic E-state index is 0.562. The Morgan fingerprint density at radius 2 is 1.81 bits per heavy atom. The molecule has 4 heteroatoms. The van der Waals surface area contributed by atoms with E-state index in [1.54, 1.807) is 7.11 Å². The van der Waals surface area contributed by atoms with Gasteiger partial charge in [0.25, 0.3) is 0 Å². The average molecular weight is 306 g/mol. The van der Waals surface area contributed by atoms with Gasteiger partial charge < -0.3 is 15.2 Å². The van der Waals surface area contributed by atoms with Crippen molar-refractivity contribution in [2.75, 3.05) is 20.3 Å². The number of benzene rings is 2. The van der Waals surface area contributed by atoms with Crippen molar-refractivity contribution in [1.82, 2.24) is 0 Å². The topological polar surface area (TPSA) is 44.5 Å². The van der Waals surface area contributed by atoms with Crippen LogP contribution in [-0.4, -0.2) is 20.3 Å². The number of ether oxygens (including phenoxy) is 2. The van der Waals surface area contributed by atoms with Crippen LogP contribution in [0, 0.1) is 0 Å². The van der Waals surface area contributed by atoms with Crippen molar-refractivity contribution in [2.45, 2.75) is 12.8 Å². The van der Waals surface area contributed by atoms with E-state index in [0.29, 0.717) is 11.6 Å². The number of methoxy groups -OCH3 is 1. The zero-order valence-corrected chi connectivity index (χ0v) is 12.9. The summed E-state index contributed by atoms with van der Waals surface area (Å²) in [6.45, 7) is 1.28. The molecule has 0 aliphatic rings. The van der Waals surface area contributed by atoms with E-state index >= 15 is 0 Å². The molecule has 0 saturated heterocycles. The van der Waals surface area contributed by atoms with Crippen molar-refractivity contribution in [1.29, 1.82) is 0 Å². The van der Waals surface area contributed by atoms with Crippen molar-refractivity contribution < 1.29 is 9.47 Å². The van der Waals surface area contributed by atoms with Gasteiger partial charge in [-0.3, -0.25) is 0 Å². The number of hydrogen-bond acceptors (Lipinski definition) is 3. The predicted molar refractivity (Wildman–Crippen MR) is 86.3 cm³/mol. The zero-order valence-electron chi connectivity index (χ0n) is 12.1. The monoisotopic (exact) mass is 305 g/mol. The molecule has 2 rings (SSSR count). The van der Waals surface area contributed by atoms with Crippen LogP contribution < -0.4 is 10.5 Å². The van der Waals surface area contributed by atoms with Gasteiger partial charge in [0.1, 0.15) is 11.5 Å². The van der Waals surface area contributed by atoms with Gasteiger partial charge in [0.2, 0.25) is 0 Å². The highest BCUT2D eigenvalue weighted by Crippen LogP contribution is 2.28. The Morgan fingerprint density at radius 3 is 2.48 bits per heavy atom. The molecule has 0 amide bonds. The molecule has 0 unspecified atom stereocenters. The summed E-state index contributed by atoms with van der Waals surface area (Å²) in [5.74, 6) is 1.60. The van der Waals surface area contributed by atoms with Gasteiger partial charge in [0.15, 0.2) is 0 Å². The lowest BCUT2D eigenvalue weighted by atomic mass is 10.1. The Balaban J connectivity index is 2.10. The Morgan fingerprint density at radius 1 is 1.05 bits per heavy atom. The third-order valence-electron chi connectivity index (χ3n) is 3.18. The molecular formula is C17H20ClNO2. The highest BCUT2D eigenvalue weighted by molar-refractivity contribution is 6.30. The van der Waals surface area contributed by atoms with Gasteiger partial charge in [0, 0.05) is 12.1 Å². The van der Waals surface area contributed by atoms with Crippen molar-refractivity contribution in [2.24, 2.45) is 5.73 Å². The maximum atomic E-state index is 6.02. The van der Waals surface area contributed by atoms with E-state index in [9.17, 15) is 0 Å². The molecule has 112 valence electrons. The molecule has 2 N–H and O–H groups in total. The van der Waals surface area contributed by atoms with Crippen LogP contribution in [0.5, 0.6) is 11.5 Å². The molecule has 0 aliphatic heterocycles. The summed E-state index contributed by atoms with van der Waals surface area (Å²) < 4.78 is 11.0.